The van der Waals surface area contributed by atoms with Gasteiger partial charge in [-0.05, 0) is 42.7 Å². The van der Waals surface area contributed by atoms with Crippen molar-refractivity contribution in [3.8, 4) is 0 Å². The van der Waals surface area contributed by atoms with Crippen LogP contribution in [0.5, 0.6) is 0 Å². The van der Waals surface area contributed by atoms with Crippen molar-refractivity contribution in [1.29, 1.82) is 0 Å². The Labute approximate surface area is 183 Å². The van der Waals surface area contributed by atoms with Gasteiger partial charge in [0.1, 0.15) is 11.6 Å². The predicted octanol–water partition coefficient (Wildman–Crippen LogP) is 3.58. The van der Waals surface area contributed by atoms with Crippen molar-refractivity contribution in [3.05, 3.63) is 70.8 Å². The molecule has 0 amide bonds. The molecule has 166 valence electrons. The van der Waals surface area contributed by atoms with Crippen molar-refractivity contribution in [2.75, 3.05) is 11.9 Å². The number of Topliss-reactive ketones (excluding diaryl/α,β-unsaturated/α-hetero) is 1. The highest BCUT2D eigenvalue weighted by molar-refractivity contribution is 6.02. The third kappa shape index (κ3) is 5.35. The van der Waals surface area contributed by atoms with Gasteiger partial charge in [0.05, 0.1) is 12.0 Å². The molecule has 0 saturated carbocycles. The van der Waals surface area contributed by atoms with Gasteiger partial charge in [-0.1, -0.05) is 17.3 Å². The molecule has 9 heteroatoms. The van der Waals surface area contributed by atoms with Gasteiger partial charge in [0.25, 0.3) is 0 Å². The topological polar surface area (TPSA) is 118 Å². The average molecular weight is 438 g/mol. The molecule has 3 heterocycles. The van der Waals surface area contributed by atoms with E-state index in [9.17, 15) is 19.1 Å². The van der Waals surface area contributed by atoms with Crippen molar-refractivity contribution < 1.29 is 23.6 Å². The number of aromatic nitrogens is 3. The van der Waals surface area contributed by atoms with E-state index in [0.717, 1.165) is 12.1 Å². The number of carboxylic acids is 1. The van der Waals surface area contributed by atoms with Crippen LogP contribution < -0.4 is 5.32 Å². The number of halogens is 1. The van der Waals surface area contributed by atoms with Crippen LogP contribution in [0.25, 0.3) is 0 Å². The molecule has 1 atom stereocenters. The predicted molar refractivity (Wildman–Crippen MR) is 113 cm³/mol. The number of aryl methyl sites for hydroxylation is 2. The first-order valence-corrected chi connectivity index (χ1v) is 10.5. The quantitative estimate of drug-likeness (QED) is 0.520. The average Bonchev–Trinajstić information content (AvgIpc) is 3.20. The highest BCUT2D eigenvalue weighted by Crippen LogP contribution is 2.25. The molecule has 0 bridgehead atoms. The smallest absolute Gasteiger partial charge is 0.303 e. The number of anilines is 1. The van der Waals surface area contributed by atoms with Crippen LogP contribution in [-0.4, -0.2) is 38.5 Å². The maximum absolute atomic E-state index is 13.6. The summed E-state index contributed by atoms with van der Waals surface area (Å²) < 4.78 is 18.9. The van der Waals surface area contributed by atoms with E-state index in [1.54, 1.807) is 12.1 Å². The second-order valence-electron chi connectivity index (χ2n) is 7.81. The Balaban J connectivity index is 1.35. The first kappa shape index (κ1) is 21.6. The monoisotopic (exact) mass is 438 g/mol. The highest BCUT2D eigenvalue weighted by Gasteiger charge is 2.21. The number of carboxylic acid groups (broad SMARTS) is 1. The van der Waals surface area contributed by atoms with Gasteiger partial charge in [0.15, 0.2) is 11.6 Å². The maximum Gasteiger partial charge on any atom is 0.303 e. The van der Waals surface area contributed by atoms with Crippen molar-refractivity contribution in [1.82, 2.24) is 15.1 Å². The van der Waals surface area contributed by atoms with Gasteiger partial charge < -0.3 is 14.9 Å². The SMILES string of the molecule is O=C(O)CC(Cc1nc(CCCc2ccc3c(n2)NCCC3=O)no1)c1cccc(F)c1. The first-order valence-electron chi connectivity index (χ1n) is 10.5. The van der Waals surface area contributed by atoms with Gasteiger partial charge in [0, 0.05) is 37.4 Å². The molecular weight excluding hydrogens is 415 g/mol. The normalized spacial score (nSPS) is 14.0. The van der Waals surface area contributed by atoms with E-state index in [2.05, 4.69) is 20.4 Å². The third-order valence-electron chi connectivity index (χ3n) is 5.40. The zero-order valence-corrected chi connectivity index (χ0v) is 17.4. The van der Waals surface area contributed by atoms with E-state index in [-0.39, 0.29) is 18.6 Å². The summed E-state index contributed by atoms with van der Waals surface area (Å²) in [5.74, 6) is -0.262. The number of pyridine rings is 1. The molecule has 1 aromatic carbocycles. The fourth-order valence-corrected chi connectivity index (χ4v) is 3.82. The molecule has 0 radical (unpaired) electrons. The maximum atomic E-state index is 13.6. The van der Waals surface area contributed by atoms with Gasteiger partial charge in [0.2, 0.25) is 5.89 Å². The molecule has 0 aliphatic carbocycles. The Kier molecular flexibility index (Phi) is 6.53. The summed E-state index contributed by atoms with van der Waals surface area (Å²) in [5, 5.41) is 16.4. The molecule has 8 nitrogen and oxygen atoms in total. The number of hydrogen-bond acceptors (Lipinski definition) is 7. The number of ketones is 1. The largest absolute Gasteiger partial charge is 0.481 e. The van der Waals surface area contributed by atoms with Crippen LogP contribution in [0.3, 0.4) is 0 Å². The molecule has 2 aromatic heterocycles. The lowest BCUT2D eigenvalue weighted by molar-refractivity contribution is -0.137. The van der Waals surface area contributed by atoms with Gasteiger partial charge in [-0.3, -0.25) is 9.59 Å². The lowest BCUT2D eigenvalue weighted by Crippen LogP contribution is -2.19. The Morgan fingerprint density at radius 3 is 2.91 bits per heavy atom. The molecular formula is C23H23FN4O4. The molecule has 1 aliphatic heterocycles. The van der Waals surface area contributed by atoms with Crippen molar-refractivity contribution in [3.63, 3.8) is 0 Å². The second-order valence-corrected chi connectivity index (χ2v) is 7.81. The number of nitrogens with one attached hydrogen (secondary N) is 1. The van der Waals surface area contributed by atoms with Gasteiger partial charge in [-0.15, -0.1) is 0 Å². The Morgan fingerprint density at radius 2 is 2.09 bits per heavy atom. The Hall–Kier alpha value is -3.62. The van der Waals surface area contributed by atoms with E-state index in [1.807, 2.05) is 12.1 Å². The van der Waals surface area contributed by atoms with Crippen LogP contribution >= 0.6 is 0 Å². The first-order chi connectivity index (χ1) is 15.5. The fourth-order valence-electron chi connectivity index (χ4n) is 3.82. The Bertz CT molecular complexity index is 1130. The summed E-state index contributed by atoms with van der Waals surface area (Å²) in [6.07, 6.45) is 2.54. The molecule has 0 fully saturated rings. The van der Waals surface area contributed by atoms with E-state index in [0.29, 0.717) is 54.5 Å². The lowest BCUT2D eigenvalue weighted by atomic mass is 9.92. The van der Waals surface area contributed by atoms with E-state index < -0.39 is 17.7 Å². The minimum atomic E-state index is -0.979. The number of carbonyl (C=O) groups excluding carboxylic acids is 1. The van der Waals surface area contributed by atoms with Crippen molar-refractivity contribution in [2.45, 2.75) is 44.4 Å². The van der Waals surface area contributed by atoms with E-state index in [1.165, 1.54) is 12.1 Å². The minimum absolute atomic E-state index is 0.108. The van der Waals surface area contributed by atoms with Gasteiger partial charge >= 0.3 is 5.97 Å². The van der Waals surface area contributed by atoms with Crippen LogP contribution in [0.1, 0.15) is 58.5 Å². The number of nitrogens with zero attached hydrogens (tertiary/aromatic N) is 3. The molecule has 2 N–H and O–H groups in total. The van der Waals surface area contributed by atoms with Crippen LogP contribution in [0, 0.1) is 5.82 Å². The van der Waals surface area contributed by atoms with Gasteiger partial charge in [-0.2, -0.15) is 4.98 Å². The Morgan fingerprint density at radius 1 is 1.22 bits per heavy atom. The summed E-state index contributed by atoms with van der Waals surface area (Å²) in [4.78, 5) is 32.0. The van der Waals surface area contributed by atoms with E-state index in [4.69, 9.17) is 4.52 Å². The highest BCUT2D eigenvalue weighted by atomic mass is 19.1. The van der Waals surface area contributed by atoms with Crippen molar-refractivity contribution in [2.24, 2.45) is 0 Å². The zero-order chi connectivity index (χ0) is 22.5. The number of aliphatic carboxylic acids is 1. The summed E-state index contributed by atoms with van der Waals surface area (Å²) in [7, 11) is 0. The summed E-state index contributed by atoms with van der Waals surface area (Å²) in [6, 6.07) is 9.58. The number of rotatable bonds is 9. The molecule has 0 saturated heterocycles. The number of hydrogen-bond donors (Lipinski definition) is 2. The van der Waals surface area contributed by atoms with Crippen molar-refractivity contribution >= 4 is 17.6 Å². The number of fused-ring (bicyclic) bond motifs is 1. The fraction of sp³-hybridized carbons (Fsp3) is 0.348. The third-order valence-corrected chi connectivity index (χ3v) is 5.40. The number of benzene rings is 1. The van der Waals surface area contributed by atoms with Crippen LogP contribution in [0.4, 0.5) is 10.2 Å². The summed E-state index contributed by atoms with van der Waals surface area (Å²) in [6.45, 7) is 0.604. The molecule has 32 heavy (non-hydrogen) atoms. The standard InChI is InChI=1S/C23H23FN4O4/c24-16-4-1-3-14(11-16)15(13-22(30)31)12-21-27-20(28-32-21)6-2-5-17-7-8-18-19(29)9-10-25-23(18)26-17/h1,3-4,7-8,11,15H,2,5-6,9-10,12-13H2,(H,25,26)(H,30,31). The number of carbonyl (C=O) groups is 2. The van der Waals surface area contributed by atoms with Crippen LogP contribution in [0.2, 0.25) is 0 Å². The van der Waals surface area contributed by atoms with Crippen LogP contribution in [0.15, 0.2) is 40.9 Å². The van der Waals surface area contributed by atoms with Gasteiger partial charge in [-0.25, -0.2) is 9.37 Å². The summed E-state index contributed by atoms with van der Waals surface area (Å²) >= 11 is 0. The molecule has 0 spiro atoms. The zero-order valence-electron chi connectivity index (χ0n) is 17.4. The minimum Gasteiger partial charge on any atom is -0.481 e. The molecule has 1 aliphatic rings. The lowest BCUT2D eigenvalue weighted by Gasteiger charge is -2.16. The molecule has 1 unspecified atom stereocenters. The van der Waals surface area contributed by atoms with Crippen LogP contribution in [-0.2, 0) is 24.1 Å². The summed E-state index contributed by atoms with van der Waals surface area (Å²) in [5.41, 5.74) is 2.09. The second kappa shape index (κ2) is 9.67. The van der Waals surface area contributed by atoms with E-state index >= 15 is 0 Å². The molecule has 3 aromatic rings. The molecule has 4 rings (SSSR count).